The summed E-state index contributed by atoms with van der Waals surface area (Å²) in [6, 6.07) is 8.87. The second kappa shape index (κ2) is 10.8. The Labute approximate surface area is 204 Å². The molecular formula is C28H30O7. The highest BCUT2D eigenvalue weighted by Gasteiger charge is 2.36. The molecule has 0 saturated heterocycles. The summed E-state index contributed by atoms with van der Waals surface area (Å²) in [5, 5.41) is 11.4. The first kappa shape index (κ1) is 24.5. The van der Waals surface area contributed by atoms with Crippen molar-refractivity contribution >= 4 is 23.8 Å². The minimum absolute atomic E-state index is 0.00492. The summed E-state index contributed by atoms with van der Waals surface area (Å²) < 4.78 is 16.7. The van der Waals surface area contributed by atoms with Crippen LogP contribution in [0.1, 0.15) is 84.8 Å². The van der Waals surface area contributed by atoms with Crippen molar-refractivity contribution in [3.63, 3.8) is 0 Å². The normalized spacial score (nSPS) is 21.3. The highest BCUT2D eigenvalue weighted by Crippen LogP contribution is 2.48. The van der Waals surface area contributed by atoms with Crippen molar-refractivity contribution < 1.29 is 33.7 Å². The van der Waals surface area contributed by atoms with Crippen molar-refractivity contribution in [3.8, 4) is 17.2 Å². The summed E-state index contributed by atoms with van der Waals surface area (Å²) in [6.45, 7) is 1.78. The Bertz CT molecular complexity index is 1160. The minimum Gasteiger partial charge on any atom is -0.507 e. The van der Waals surface area contributed by atoms with E-state index in [0.29, 0.717) is 61.0 Å². The third kappa shape index (κ3) is 5.39. The smallest absolute Gasteiger partial charge is 0.342 e. The number of ether oxygens (including phenoxy) is 3. The molecule has 0 bridgehead atoms. The van der Waals surface area contributed by atoms with Gasteiger partial charge in [0.25, 0.3) is 0 Å². The van der Waals surface area contributed by atoms with E-state index in [-0.39, 0.29) is 29.3 Å². The van der Waals surface area contributed by atoms with Crippen LogP contribution in [0.25, 0.3) is 6.08 Å². The average molecular weight is 479 g/mol. The zero-order chi connectivity index (χ0) is 24.9. The lowest BCUT2D eigenvalue weighted by Crippen LogP contribution is -2.23. The predicted molar refractivity (Wildman–Crippen MR) is 130 cm³/mol. The Kier molecular flexibility index (Phi) is 7.54. The molecule has 2 aromatic rings. The largest absolute Gasteiger partial charge is 0.507 e. The van der Waals surface area contributed by atoms with E-state index in [0.717, 1.165) is 0 Å². The number of Topliss-reactive ketones (excluding diaryl/α,β-unsaturated/α-hetero) is 1. The summed E-state index contributed by atoms with van der Waals surface area (Å²) in [7, 11) is 1.54. The van der Waals surface area contributed by atoms with E-state index in [1.165, 1.54) is 0 Å². The summed E-state index contributed by atoms with van der Waals surface area (Å²) in [5.74, 6) is -0.927. The van der Waals surface area contributed by atoms with Crippen LogP contribution in [0.3, 0.4) is 0 Å². The standard InChI is InChI=1S/C28H30O7/c1-17-9-8-12-19(29)11-5-3-4-10-18-15-23-26(27(31)25(18)28(32)34-17)21(16-24(30)35-23)20-13-6-7-14-22(20)33-2/h4,6-7,10,13-15,17,21,31H,3,5,8-9,11-12,16H2,1-2H3/t17-,21+/m0/s1. The van der Waals surface area contributed by atoms with Crippen molar-refractivity contribution in [2.45, 2.75) is 63.9 Å². The number of cyclic esters (lactones) is 1. The van der Waals surface area contributed by atoms with Gasteiger partial charge in [-0.2, -0.15) is 0 Å². The van der Waals surface area contributed by atoms with Crippen molar-refractivity contribution in [3.05, 3.63) is 58.7 Å². The van der Waals surface area contributed by atoms with Crippen LogP contribution in [0.15, 0.2) is 36.4 Å². The first-order chi connectivity index (χ1) is 16.9. The highest BCUT2D eigenvalue weighted by atomic mass is 16.5. The second-order valence-electron chi connectivity index (χ2n) is 9.02. The lowest BCUT2D eigenvalue weighted by molar-refractivity contribution is -0.135. The maximum atomic E-state index is 13.3. The Morgan fingerprint density at radius 3 is 2.66 bits per heavy atom. The molecule has 184 valence electrons. The van der Waals surface area contributed by atoms with Gasteiger partial charge in [0.1, 0.15) is 28.6 Å². The summed E-state index contributed by atoms with van der Waals surface area (Å²) in [4.78, 5) is 37.8. The molecule has 0 spiro atoms. The molecule has 0 amide bonds. The van der Waals surface area contributed by atoms with E-state index in [9.17, 15) is 19.5 Å². The number of para-hydroxylation sites is 1. The van der Waals surface area contributed by atoms with Crippen LogP contribution in [-0.4, -0.2) is 36.0 Å². The number of benzene rings is 2. The van der Waals surface area contributed by atoms with Crippen molar-refractivity contribution in [1.82, 2.24) is 0 Å². The number of fused-ring (bicyclic) bond motifs is 2. The van der Waals surface area contributed by atoms with E-state index in [1.54, 1.807) is 32.2 Å². The molecule has 0 unspecified atom stereocenters. The maximum Gasteiger partial charge on any atom is 0.342 e. The molecule has 0 saturated carbocycles. The Hall–Kier alpha value is -3.61. The van der Waals surface area contributed by atoms with Crippen molar-refractivity contribution in [1.29, 1.82) is 0 Å². The number of phenolic OH excluding ortho intramolecular Hbond substituents is 1. The summed E-state index contributed by atoms with van der Waals surface area (Å²) >= 11 is 0. The van der Waals surface area contributed by atoms with Crippen LogP contribution in [0, 0.1) is 0 Å². The van der Waals surface area contributed by atoms with Gasteiger partial charge in [-0.3, -0.25) is 9.59 Å². The second-order valence-corrected chi connectivity index (χ2v) is 9.02. The number of phenols is 1. The van der Waals surface area contributed by atoms with Crippen LogP contribution >= 0.6 is 0 Å². The Balaban J connectivity index is 1.83. The van der Waals surface area contributed by atoms with E-state index in [2.05, 4.69) is 0 Å². The number of rotatable bonds is 2. The summed E-state index contributed by atoms with van der Waals surface area (Å²) in [5.41, 5.74) is 1.51. The minimum atomic E-state index is -0.656. The first-order valence-corrected chi connectivity index (χ1v) is 12.0. The van der Waals surface area contributed by atoms with Gasteiger partial charge in [0.05, 0.1) is 19.6 Å². The van der Waals surface area contributed by atoms with Crippen molar-refractivity contribution in [2.24, 2.45) is 0 Å². The lowest BCUT2D eigenvalue weighted by Gasteiger charge is -2.28. The van der Waals surface area contributed by atoms with Gasteiger partial charge >= 0.3 is 11.9 Å². The van der Waals surface area contributed by atoms with Gasteiger partial charge in [-0.25, -0.2) is 4.79 Å². The molecule has 0 radical (unpaired) electrons. The number of carbonyl (C=O) groups excluding carboxylic acids is 3. The number of hydrogen-bond acceptors (Lipinski definition) is 7. The fourth-order valence-electron chi connectivity index (χ4n) is 4.74. The Morgan fingerprint density at radius 2 is 1.86 bits per heavy atom. The van der Waals surface area contributed by atoms with E-state index < -0.39 is 24.0 Å². The average Bonchev–Trinajstić information content (AvgIpc) is 2.82. The Morgan fingerprint density at radius 1 is 1.09 bits per heavy atom. The molecule has 2 atom stereocenters. The zero-order valence-electron chi connectivity index (χ0n) is 20.0. The van der Waals surface area contributed by atoms with Crippen LogP contribution in [0.5, 0.6) is 17.2 Å². The third-order valence-corrected chi connectivity index (χ3v) is 6.49. The van der Waals surface area contributed by atoms with Crippen LogP contribution in [0.2, 0.25) is 0 Å². The van der Waals surface area contributed by atoms with Gasteiger partial charge in [-0.05, 0) is 50.3 Å². The number of aromatic hydroxyl groups is 1. The molecular weight excluding hydrogens is 448 g/mol. The first-order valence-electron chi connectivity index (χ1n) is 12.0. The topological polar surface area (TPSA) is 99.1 Å². The van der Waals surface area contributed by atoms with Crippen molar-refractivity contribution in [2.75, 3.05) is 7.11 Å². The summed E-state index contributed by atoms with van der Waals surface area (Å²) in [6.07, 6.45) is 6.62. The molecule has 0 aromatic heterocycles. The quantitative estimate of drug-likeness (QED) is 0.460. The molecule has 35 heavy (non-hydrogen) atoms. The molecule has 2 heterocycles. The fourth-order valence-corrected chi connectivity index (χ4v) is 4.74. The molecule has 7 nitrogen and oxygen atoms in total. The fraction of sp³-hybridized carbons (Fsp3) is 0.393. The molecule has 2 aliphatic heterocycles. The van der Waals surface area contributed by atoms with Gasteiger partial charge in [-0.15, -0.1) is 0 Å². The van der Waals surface area contributed by atoms with Gasteiger partial charge in [0.15, 0.2) is 0 Å². The maximum absolute atomic E-state index is 13.3. The molecule has 0 fully saturated rings. The van der Waals surface area contributed by atoms with Crippen LogP contribution in [-0.2, 0) is 14.3 Å². The van der Waals surface area contributed by atoms with Crippen LogP contribution in [0.4, 0.5) is 0 Å². The molecule has 2 aromatic carbocycles. The van der Waals surface area contributed by atoms with Gasteiger partial charge < -0.3 is 19.3 Å². The van der Waals surface area contributed by atoms with E-state index in [1.807, 2.05) is 24.3 Å². The van der Waals surface area contributed by atoms with E-state index >= 15 is 0 Å². The molecule has 4 rings (SSSR count). The monoisotopic (exact) mass is 478 g/mol. The molecule has 7 heteroatoms. The number of allylic oxidation sites excluding steroid dienone is 1. The number of esters is 2. The number of methoxy groups -OCH3 is 1. The SMILES string of the molecule is COc1ccccc1[C@H]1CC(=O)Oc2cc3c(c(O)c21)C(=O)O[C@@H](C)CCCC(=O)CCCC=C3. The zero-order valence-corrected chi connectivity index (χ0v) is 20.0. The predicted octanol–water partition coefficient (Wildman–Crippen LogP) is 5.32. The highest BCUT2D eigenvalue weighted by molar-refractivity contribution is 5.98. The van der Waals surface area contributed by atoms with Gasteiger partial charge in [0.2, 0.25) is 0 Å². The van der Waals surface area contributed by atoms with Crippen LogP contribution < -0.4 is 9.47 Å². The number of carbonyl (C=O) groups is 3. The molecule has 1 N–H and O–H groups in total. The number of ketones is 1. The van der Waals surface area contributed by atoms with Gasteiger partial charge in [0, 0.05) is 29.9 Å². The number of hydrogen-bond donors (Lipinski definition) is 1. The molecule has 2 aliphatic rings. The van der Waals surface area contributed by atoms with Gasteiger partial charge in [-0.1, -0.05) is 30.4 Å². The lowest BCUT2D eigenvalue weighted by atomic mass is 9.83. The molecule has 0 aliphatic carbocycles. The van der Waals surface area contributed by atoms with E-state index in [4.69, 9.17) is 14.2 Å². The third-order valence-electron chi connectivity index (χ3n) is 6.49.